The molecule has 0 aromatic heterocycles. The van der Waals surface area contributed by atoms with E-state index in [0.717, 1.165) is 12.8 Å². The molecule has 0 aliphatic carbocycles. The first-order chi connectivity index (χ1) is 7.87. The first kappa shape index (κ1) is 14.2. The first-order valence-corrected chi connectivity index (χ1v) is 6.43. The molecule has 94 valence electrons. The number of hydrogen-bond donors (Lipinski definition) is 1. The van der Waals surface area contributed by atoms with E-state index in [0.29, 0.717) is 4.47 Å². The summed E-state index contributed by atoms with van der Waals surface area (Å²) in [6.07, 6.45) is 1.82. The maximum Gasteiger partial charge on any atom is 0.255 e. The Kier molecular flexibility index (Phi) is 4.69. The second kappa shape index (κ2) is 5.63. The fourth-order valence-electron chi connectivity index (χ4n) is 1.77. The van der Waals surface area contributed by atoms with Crippen LogP contribution in [0.4, 0.5) is 4.39 Å². The van der Waals surface area contributed by atoms with Gasteiger partial charge in [-0.2, -0.15) is 0 Å². The van der Waals surface area contributed by atoms with Crippen molar-refractivity contribution in [2.24, 2.45) is 0 Å². The predicted octanol–water partition coefficient (Wildman–Crippen LogP) is 3.90. The standard InChI is InChI=1S/C13H17BrFNO/c1-4-8-13(2,3)16-12(17)11-9(14)6-5-7-10(11)15/h5-7H,4,8H2,1-3H3,(H,16,17). The largest absolute Gasteiger partial charge is 0.347 e. The first-order valence-electron chi connectivity index (χ1n) is 5.64. The van der Waals surface area contributed by atoms with E-state index in [-0.39, 0.29) is 17.0 Å². The van der Waals surface area contributed by atoms with E-state index in [4.69, 9.17) is 0 Å². The molecule has 0 radical (unpaired) electrons. The molecule has 4 heteroatoms. The molecule has 1 N–H and O–H groups in total. The number of carbonyl (C=O) groups excluding carboxylic acids is 1. The zero-order valence-corrected chi connectivity index (χ0v) is 11.9. The van der Waals surface area contributed by atoms with Gasteiger partial charge in [0.05, 0.1) is 5.56 Å². The minimum atomic E-state index is -0.510. The van der Waals surface area contributed by atoms with E-state index in [1.807, 2.05) is 20.8 Å². The number of halogens is 2. The van der Waals surface area contributed by atoms with Gasteiger partial charge in [0.25, 0.3) is 5.91 Å². The molecule has 2 nitrogen and oxygen atoms in total. The summed E-state index contributed by atoms with van der Waals surface area (Å²) in [6, 6.07) is 4.50. The van der Waals surface area contributed by atoms with E-state index in [1.54, 1.807) is 12.1 Å². The Morgan fingerprint density at radius 1 is 1.47 bits per heavy atom. The maximum absolute atomic E-state index is 13.6. The molecule has 0 unspecified atom stereocenters. The third-order valence-electron chi connectivity index (χ3n) is 2.52. The summed E-state index contributed by atoms with van der Waals surface area (Å²) in [6.45, 7) is 5.92. The van der Waals surface area contributed by atoms with Gasteiger partial charge in [0, 0.05) is 10.0 Å². The van der Waals surface area contributed by atoms with Crippen molar-refractivity contribution in [3.63, 3.8) is 0 Å². The van der Waals surface area contributed by atoms with Gasteiger partial charge in [-0.3, -0.25) is 4.79 Å². The molecule has 1 rings (SSSR count). The SMILES string of the molecule is CCCC(C)(C)NC(=O)c1c(F)cccc1Br. The molecule has 0 spiro atoms. The quantitative estimate of drug-likeness (QED) is 0.898. The summed E-state index contributed by atoms with van der Waals surface area (Å²) in [5.74, 6) is -0.891. The van der Waals surface area contributed by atoms with Crippen LogP contribution in [0.2, 0.25) is 0 Å². The van der Waals surface area contributed by atoms with Crippen LogP contribution >= 0.6 is 15.9 Å². The van der Waals surface area contributed by atoms with Crippen molar-refractivity contribution in [1.29, 1.82) is 0 Å². The molecule has 0 fully saturated rings. The fraction of sp³-hybridized carbons (Fsp3) is 0.462. The lowest BCUT2D eigenvalue weighted by Gasteiger charge is -2.26. The molecule has 0 heterocycles. The van der Waals surface area contributed by atoms with Gasteiger partial charge < -0.3 is 5.32 Å². The smallest absolute Gasteiger partial charge is 0.255 e. The van der Waals surface area contributed by atoms with Crippen LogP contribution in [0.15, 0.2) is 22.7 Å². The molecule has 1 aromatic carbocycles. The van der Waals surface area contributed by atoms with Gasteiger partial charge >= 0.3 is 0 Å². The molecule has 0 aliphatic heterocycles. The molecule has 1 amide bonds. The van der Waals surface area contributed by atoms with E-state index in [9.17, 15) is 9.18 Å². The number of benzene rings is 1. The monoisotopic (exact) mass is 301 g/mol. The van der Waals surface area contributed by atoms with Gasteiger partial charge in [0.2, 0.25) is 0 Å². The molecule has 0 saturated carbocycles. The van der Waals surface area contributed by atoms with E-state index < -0.39 is 5.82 Å². The van der Waals surface area contributed by atoms with Gasteiger partial charge in [0.15, 0.2) is 0 Å². The molecule has 0 bridgehead atoms. The van der Waals surface area contributed by atoms with Crippen molar-refractivity contribution in [2.75, 3.05) is 0 Å². The highest BCUT2D eigenvalue weighted by Gasteiger charge is 2.23. The van der Waals surface area contributed by atoms with Crippen molar-refractivity contribution in [2.45, 2.75) is 39.2 Å². The second-order valence-electron chi connectivity index (χ2n) is 4.68. The maximum atomic E-state index is 13.6. The minimum absolute atomic E-state index is 0.0664. The van der Waals surface area contributed by atoms with Gasteiger partial charge in [0.1, 0.15) is 5.82 Å². The second-order valence-corrected chi connectivity index (χ2v) is 5.54. The topological polar surface area (TPSA) is 29.1 Å². The molecule has 0 aliphatic rings. The Morgan fingerprint density at radius 2 is 2.12 bits per heavy atom. The number of amides is 1. The van der Waals surface area contributed by atoms with Crippen molar-refractivity contribution in [1.82, 2.24) is 5.32 Å². The molecule has 0 saturated heterocycles. The lowest BCUT2D eigenvalue weighted by molar-refractivity contribution is 0.0904. The van der Waals surface area contributed by atoms with Gasteiger partial charge in [-0.1, -0.05) is 19.4 Å². The highest BCUT2D eigenvalue weighted by atomic mass is 79.9. The summed E-state index contributed by atoms with van der Waals surface area (Å²) in [5, 5.41) is 2.85. The van der Waals surface area contributed by atoms with Crippen LogP contribution in [0.3, 0.4) is 0 Å². The van der Waals surface area contributed by atoms with Crippen LogP contribution in [-0.4, -0.2) is 11.4 Å². The molecule has 1 aromatic rings. The highest BCUT2D eigenvalue weighted by Crippen LogP contribution is 2.21. The number of rotatable bonds is 4. The number of nitrogens with one attached hydrogen (secondary N) is 1. The average molecular weight is 302 g/mol. The summed E-state index contributed by atoms with van der Waals surface area (Å²) in [7, 11) is 0. The Bertz CT molecular complexity index is 398. The van der Waals surface area contributed by atoms with Crippen LogP contribution in [0, 0.1) is 5.82 Å². The Labute approximate surface area is 110 Å². The van der Waals surface area contributed by atoms with Gasteiger partial charge in [-0.15, -0.1) is 0 Å². The molecule has 17 heavy (non-hydrogen) atoms. The Morgan fingerprint density at radius 3 is 2.65 bits per heavy atom. The fourth-order valence-corrected chi connectivity index (χ4v) is 2.29. The van der Waals surface area contributed by atoms with Crippen LogP contribution in [0.1, 0.15) is 44.0 Å². The van der Waals surface area contributed by atoms with Crippen LogP contribution in [0.25, 0.3) is 0 Å². The van der Waals surface area contributed by atoms with E-state index >= 15 is 0 Å². The summed E-state index contributed by atoms with van der Waals surface area (Å²) in [4.78, 5) is 12.0. The van der Waals surface area contributed by atoms with Gasteiger partial charge in [-0.05, 0) is 48.3 Å². The summed E-state index contributed by atoms with van der Waals surface area (Å²) >= 11 is 3.19. The minimum Gasteiger partial charge on any atom is -0.347 e. The van der Waals surface area contributed by atoms with Crippen LogP contribution < -0.4 is 5.32 Å². The van der Waals surface area contributed by atoms with Crippen molar-refractivity contribution in [3.05, 3.63) is 34.1 Å². The highest BCUT2D eigenvalue weighted by molar-refractivity contribution is 9.10. The third-order valence-corrected chi connectivity index (χ3v) is 3.18. The normalized spacial score (nSPS) is 11.4. The molecular formula is C13H17BrFNO. The molecular weight excluding hydrogens is 285 g/mol. The average Bonchev–Trinajstić information content (AvgIpc) is 2.15. The lowest BCUT2D eigenvalue weighted by atomic mass is 9.98. The summed E-state index contributed by atoms with van der Waals surface area (Å²) < 4.78 is 14.0. The van der Waals surface area contributed by atoms with Crippen molar-refractivity contribution >= 4 is 21.8 Å². The Balaban J connectivity index is 2.91. The number of hydrogen-bond acceptors (Lipinski definition) is 1. The van der Waals surface area contributed by atoms with Crippen LogP contribution in [-0.2, 0) is 0 Å². The third kappa shape index (κ3) is 3.80. The van der Waals surface area contributed by atoms with E-state index in [2.05, 4.69) is 21.2 Å². The zero-order chi connectivity index (χ0) is 13.1. The molecule has 0 atom stereocenters. The predicted molar refractivity (Wildman–Crippen MR) is 70.6 cm³/mol. The van der Waals surface area contributed by atoms with Crippen molar-refractivity contribution in [3.8, 4) is 0 Å². The van der Waals surface area contributed by atoms with Crippen LogP contribution in [0.5, 0.6) is 0 Å². The number of carbonyl (C=O) groups is 1. The van der Waals surface area contributed by atoms with E-state index in [1.165, 1.54) is 6.07 Å². The lowest BCUT2D eigenvalue weighted by Crippen LogP contribution is -2.43. The Hall–Kier alpha value is -0.900. The zero-order valence-electron chi connectivity index (χ0n) is 10.3. The van der Waals surface area contributed by atoms with Crippen molar-refractivity contribution < 1.29 is 9.18 Å². The van der Waals surface area contributed by atoms with Gasteiger partial charge in [-0.25, -0.2) is 4.39 Å². The summed E-state index contributed by atoms with van der Waals surface area (Å²) in [5.41, 5.74) is -0.259.